The predicted octanol–water partition coefficient (Wildman–Crippen LogP) is 7.28. The molecular weight excluding hydrogens is 1070 g/mol. The number of benzene rings is 2. The largest absolute Gasteiger partial charge is 0.451 e. The molecular formula is C64H92N8O12. The molecule has 84 heavy (non-hydrogen) atoms. The van der Waals surface area contributed by atoms with Crippen molar-refractivity contribution >= 4 is 47.5 Å². The molecule has 0 bridgehead atoms. The minimum absolute atomic E-state index is 0.0846. The highest BCUT2D eigenvalue weighted by Gasteiger charge is 2.43. The maximum atomic E-state index is 15.0. The Morgan fingerprint density at radius 3 is 0.917 bits per heavy atom. The zero-order valence-electron chi connectivity index (χ0n) is 52.4. The van der Waals surface area contributed by atoms with Crippen LogP contribution in [0.5, 0.6) is 0 Å². The summed E-state index contributed by atoms with van der Waals surface area (Å²) in [6.07, 6.45) is 3.30. The predicted molar refractivity (Wildman–Crippen MR) is 317 cm³/mol. The molecule has 8 atom stereocenters. The Morgan fingerprint density at radius 2 is 0.655 bits per heavy atom. The average molecular weight is 1170 g/mol. The van der Waals surface area contributed by atoms with Crippen molar-refractivity contribution < 1.29 is 57.3 Å². The Labute approximate surface area is 496 Å². The third-order valence-corrected chi connectivity index (χ3v) is 15.2. The van der Waals surface area contributed by atoms with E-state index in [1.807, 2.05) is 152 Å². The molecule has 3 heterocycles. The van der Waals surface area contributed by atoms with Gasteiger partial charge in [-0.2, -0.15) is 10.2 Å². The van der Waals surface area contributed by atoms with Gasteiger partial charge in [0.25, 0.3) is 23.6 Å². The zero-order chi connectivity index (χ0) is 62.3. The van der Waals surface area contributed by atoms with E-state index in [4.69, 9.17) is 18.9 Å². The average Bonchev–Trinajstić information content (AvgIpc) is 4.03. The lowest BCUT2D eigenvalue weighted by molar-refractivity contribution is -0.176. The van der Waals surface area contributed by atoms with Crippen molar-refractivity contribution in [1.29, 1.82) is 0 Å². The van der Waals surface area contributed by atoms with Gasteiger partial charge in [0.1, 0.15) is 24.2 Å². The van der Waals surface area contributed by atoms with E-state index >= 15 is 9.59 Å². The fraction of sp³-hybridized carbons (Fsp3) is 0.594. The van der Waals surface area contributed by atoms with E-state index in [9.17, 15) is 28.8 Å². The van der Waals surface area contributed by atoms with Gasteiger partial charge in [-0.25, -0.2) is 19.2 Å². The quantitative estimate of drug-likeness (QED) is 0.0706. The van der Waals surface area contributed by atoms with E-state index in [2.05, 4.69) is 10.2 Å². The summed E-state index contributed by atoms with van der Waals surface area (Å²) in [5.74, 6) is -7.40. The van der Waals surface area contributed by atoms with Gasteiger partial charge in [-0.15, -0.1) is 0 Å². The molecule has 2 aromatic carbocycles. The van der Waals surface area contributed by atoms with E-state index in [0.717, 1.165) is 44.9 Å². The standard InChI is InChI=1S/C64H92N8O12/c1-17-45-33-65-71(35-45)37-49-23-19-47(20-24-49)31-55-59(75)69(15)51(27-39(3)4)61(77)81-44(12)58(74)68(14)54(30-42(9)10)64(80)84-56(32-48-21-25-50(26-22-48)38-72-36-46(18-2)34-66-72)60(76)70(16)52(28-40(5)6)62(78)82-43(11)57(73)67(13)53(29-41(7)8)63(79)83-55/h19-26,33-36,39-44,51-56H,17-18,27-32,37-38H2,1-16H3/t43-,44-,51+,52+,53+,54+,55-,56-/m1/s1. The van der Waals surface area contributed by atoms with E-state index in [-0.39, 0.29) is 62.2 Å². The first-order chi connectivity index (χ1) is 39.6. The van der Waals surface area contributed by atoms with Crippen molar-refractivity contribution in [3.05, 3.63) is 107 Å². The smallest absolute Gasteiger partial charge is 0.329 e. The van der Waals surface area contributed by atoms with Crippen LogP contribution in [-0.4, -0.2) is 163 Å². The molecule has 1 saturated heterocycles. The minimum atomic E-state index is -1.53. The third kappa shape index (κ3) is 18.8. The number of esters is 4. The number of likely N-dealkylation sites (N-methyl/N-ethyl adjacent to an activating group) is 4. The van der Waals surface area contributed by atoms with Crippen molar-refractivity contribution in [2.75, 3.05) is 28.2 Å². The molecule has 20 heteroatoms. The van der Waals surface area contributed by atoms with Crippen LogP contribution in [0.4, 0.5) is 0 Å². The van der Waals surface area contributed by atoms with Crippen LogP contribution in [-0.2, 0) is 96.1 Å². The fourth-order valence-electron chi connectivity index (χ4n) is 10.2. The van der Waals surface area contributed by atoms with E-state index in [1.165, 1.54) is 51.8 Å². The first kappa shape index (κ1) is 67.4. The number of rotatable bonds is 18. The Kier molecular flexibility index (Phi) is 24.8. The van der Waals surface area contributed by atoms with Crippen LogP contribution in [0.1, 0.15) is 142 Å². The summed E-state index contributed by atoms with van der Waals surface area (Å²) in [6, 6.07) is 9.69. The number of carbonyl (C=O) groups is 8. The molecule has 0 unspecified atom stereocenters. The second-order valence-electron chi connectivity index (χ2n) is 24.2. The number of ether oxygens (including phenoxy) is 4. The molecule has 4 aromatic rings. The number of aromatic nitrogens is 4. The molecule has 460 valence electrons. The topological polar surface area (TPSA) is 222 Å². The van der Waals surface area contributed by atoms with Gasteiger partial charge in [-0.1, -0.05) is 118 Å². The summed E-state index contributed by atoms with van der Waals surface area (Å²) >= 11 is 0. The summed E-state index contributed by atoms with van der Waals surface area (Å²) in [4.78, 5) is 122. The van der Waals surface area contributed by atoms with Crippen molar-refractivity contribution in [2.24, 2.45) is 23.7 Å². The Balaban J connectivity index is 1.58. The summed E-state index contributed by atoms with van der Waals surface area (Å²) in [5.41, 5.74) is 5.28. The normalized spacial score (nSPS) is 22.7. The third-order valence-electron chi connectivity index (χ3n) is 15.2. The number of carbonyl (C=O) groups excluding carboxylic acids is 8. The molecule has 2 aromatic heterocycles. The highest BCUT2D eigenvalue weighted by Crippen LogP contribution is 2.25. The van der Waals surface area contributed by atoms with Crippen LogP contribution >= 0.6 is 0 Å². The minimum Gasteiger partial charge on any atom is -0.451 e. The summed E-state index contributed by atoms with van der Waals surface area (Å²) in [5, 5.41) is 8.90. The van der Waals surface area contributed by atoms with Gasteiger partial charge in [0, 0.05) is 53.4 Å². The van der Waals surface area contributed by atoms with Crippen LogP contribution in [0, 0.1) is 23.7 Å². The number of nitrogens with zero attached hydrogens (tertiary/aromatic N) is 8. The zero-order valence-corrected chi connectivity index (χ0v) is 52.4. The van der Waals surface area contributed by atoms with Crippen molar-refractivity contribution in [3.8, 4) is 0 Å². The highest BCUT2D eigenvalue weighted by atomic mass is 16.6. The van der Waals surface area contributed by atoms with Gasteiger partial charge < -0.3 is 38.5 Å². The molecule has 5 rings (SSSR count). The van der Waals surface area contributed by atoms with Gasteiger partial charge in [0.05, 0.1) is 25.5 Å². The second kappa shape index (κ2) is 31.0. The lowest BCUT2D eigenvalue weighted by Crippen LogP contribution is -2.55. The van der Waals surface area contributed by atoms with Gasteiger partial charge in [-0.3, -0.25) is 28.5 Å². The number of amides is 4. The van der Waals surface area contributed by atoms with E-state index in [1.54, 1.807) is 0 Å². The Hall–Kier alpha value is -7.38. The van der Waals surface area contributed by atoms with E-state index < -0.39 is 96.1 Å². The fourth-order valence-corrected chi connectivity index (χ4v) is 10.2. The summed E-state index contributed by atoms with van der Waals surface area (Å²) in [6.45, 7) is 22.7. The molecule has 0 spiro atoms. The number of aryl methyl sites for hydroxylation is 2. The van der Waals surface area contributed by atoms with Crippen LogP contribution in [0.3, 0.4) is 0 Å². The summed E-state index contributed by atoms with van der Waals surface area (Å²) in [7, 11) is 5.60. The van der Waals surface area contributed by atoms with Crippen LogP contribution < -0.4 is 0 Å². The first-order valence-electron chi connectivity index (χ1n) is 29.7. The molecule has 0 N–H and O–H groups in total. The van der Waals surface area contributed by atoms with Crippen molar-refractivity contribution in [2.45, 2.75) is 196 Å². The molecule has 4 amide bonds. The van der Waals surface area contributed by atoms with E-state index in [0.29, 0.717) is 24.2 Å². The van der Waals surface area contributed by atoms with Crippen molar-refractivity contribution in [1.82, 2.24) is 39.2 Å². The first-order valence-corrected chi connectivity index (χ1v) is 29.7. The van der Waals surface area contributed by atoms with Gasteiger partial charge >= 0.3 is 23.9 Å². The molecule has 1 fully saturated rings. The Morgan fingerprint density at radius 1 is 0.393 bits per heavy atom. The summed E-state index contributed by atoms with van der Waals surface area (Å²) < 4.78 is 28.0. The Bertz CT molecular complexity index is 2650. The maximum Gasteiger partial charge on any atom is 0.329 e. The van der Waals surface area contributed by atoms with Crippen molar-refractivity contribution in [3.63, 3.8) is 0 Å². The highest BCUT2D eigenvalue weighted by molar-refractivity contribution is 5.94. The van der Waals surface area contributed by atoms with Crippen LogP contribution in [0.2, 0.25) is 0 Å². The monoisotopic (exact) mass is 1160 g/mol. The number of hydrogen-bond donors (Lipinski definition) is 0. The number of hydrogen-bond acceptors (Lipinski definition) is 14. The molecule has 1 aliphatic rings. The number of cyclic esters (lactones) is 4. The lowest BCUT2D eigenvalue weighted by atomic mass is 9.99. The van der Waals surface area contributed by atoms with Gasteiger partial charge in [-0.05, 0) is 109 Å². The molecule has 20 nitrogen and oxygen atoms in total. The lowest BCUT2D eigenvalue weighted by Gasteiger charge is -2.35. The molecule has 0 saturated carbocycles. The van der Waals surface area contributed by atoms with Gasteiger partial charge in [0.15, 0.2) is 24.4 Å². The second-order valence-corrected chi connectivity index (χ2v) is 24.2. The molecule has 0 aliphatic carbocycles. The van der Waals surface area contributed by atoms with Crippen LogP contribution in [0.25, 0.3) is 0 Å². The molecule has 1 aliphatic heterocycles. The maximum absolute atomic E-state index is 15.0. The molecule has 0 radical (unpaired) electrons. The van der Waals surface area contributed by atoms with Crippen LogP contribution in [0.15, 0.2) is 73.3 Å². The van der Waals surface area contributed by atoms with Gasteiger partial charge in [0.2, 0.25) is 0 Å². The SMILES string of the molecule is CCc1cnn(Cc2ccc(C[C@H]3OC(=O)[C@H](CC(C)C)N(C)C(=O)[C@@H](C)OC(=O)[C@H](CC(C)C)N(C)C(=O)[C@@H](Cc4ccc(Cn5cc(CC)cn5)cc4)OC(=O)[C@H](CC(C)C)N(C)C(=O)[C@@H](C)OC(=O)[C@H](CC(C)C)N(C)C3=O)cc2)c1.